The van der Waals surface area contributed by atoms with Crippen LogP contribution in [0.15, 0.2) is 18.2 Å². The molecule has 0 fully saturated rings. The van der Waals surface area contributed by atoms with E-state index >= 15 is 0 Å². The Labute approximate surface area is 73.3 Å². The molecule has 0 spiro atoms. The van der Waals surface area contributed by atoms with Gasteiger partial charge in [-0.2, -0.15) is 0 Å². The molecule has 0 bridgehead atoms. The van der Waals surface area contributed by atoms with Gasteiger partial charge in [0.05, 0.1) is 6.61 Å². The highest BCUT2D eigenvalue weighted by Crippen LogP contribution is 2.10. The van der Waals surface area contributed by atoms with E-state index in [9.17, 15) is 0 Å². The maximum absolute atomic E-state index is 5.00. The summed E-state index contributed by atoms with van der Waals surface area (Å²) in [5, 5.41) is 0. The van der Waals surface area contributed by atoms with Gasteiger partial charge in [0.2, 0.25) is 0 Å². The molecule has 0 heterocycles. The van der Waals surface area contributed by atoms with E-state index in [1.807, 2.05) is 0 Å². The molecule has 66 valence electrons. The monoisotopic (exact) mass is 165 g/mol. The van der Waals surface area contributed by atoms with Gasteiger partial charge in [0, 0.05) is 0 Å². The van der Waals surface area contributed by atoms with Crippen LogP contribution in [0.3, 0.4) is 0 Å². The Morgan fingerprint density at radius 1 is 1.25 bits per heavy atom. The molecule has 0 amide bonds. The second kappa shape index (κ2) is 4.24. The standard InChI is InChI=1S/C10H15NO/c1-3-9-4-8(2)5-10(6-9)7-12-11/h4-6H,3,7,11H2,1-2H3. The van der Waals surface area contributed by atoms with E-state index in [2.05, 4.69) is 36.9 Å². The number of hydrogen-bond donors (Lipinski definition) is 1. The maximum atomic E-state index is 5.00. The molecule has 1 aromatic carbocycles. The van der Waals surface area contributed by atoms with E-state index in [0.717, 1.165) is 12.0 Å². The Morgan fingerprint density at radius 2 is 1.92 bits per heavy atom. The molecule has 0 aromatic heterocycles. The Morgan fingerprint density at radius 3 is 2.50 bits per heavy atom. The van der Waals surface area contributed by atoms with Crippen molar-refractivity contribution in [2.45, 2.75) is 26.9 Å². The van der Waals surface area contributed by atoms with Crippen LogP contribution in [-0.2, 0) is 17.9 Å². The lowest BCUT2D eigenvalue weighted by molar-refractivity contribution is 0.124. The molecule has 0 saturated heterocycles. The van der Waals surface area contributed by atoms with Gasteiger partial charge in [-0.1, -0.05) is 30.7 Å². The summed E-state index contributed by atoms with van der Waals surface area (Å²) in [5.41, 5.74) is 3.75. The molecule has 1 rings (SSSR count). The first-order valence-corrected chi connectivity index (χ1v) is 4.17. The van der Waals surface area contributed by atoms with Crippen molar-refractivity contribution in [3.63, 3.8) is 0 Å². The van der Waals surface area contributed by atoms with Gasteiger partial charge in [-0.25, -0.2) is 5.90 Å². The summed E-state index contributed by atoms with van der Waals surface area (Å²) in [5.74, 6) is 5.00. The zero-order valence-corrected chi connectivity index (χ0v) is 7.63. The van der Waals surface area contributed by atoms with Crippen LogP contribution in [0.2, 0.25) is 0 Å². The van der Waals surface area contributed by atoms with E-state index in [0.29, 0.717) is 6.61 Å². The predicted octanol–water partition coefficient (Wildman–Crippen LogP) is 1.95. The van der Waals surface area contributed by atoms with Crippen molar-refractivity contribution in [2.24, 2.45) is 5.90 Å². The number of hydrogen-bond acceptors (Lipinski definition) is 2. The first-order valence-electron chi connectivity index (χ1n) is 4.17. The normalized spacial score (nSPS) is 10.2. The highest BCUT2D eigenvalue weighted by Gasteiger charge is 1.96. The van der Waals surface area contributed by atoms with Crippen molar-refractivity contribution in [3.8, 4) is 0 Å². The molecule has 2 N–H and O–H groups in total. The number of nitrogens with two attached hydrogens (primary N) is 1. The van der Waals surface area contributed by atoms with Crippen molar-refractivity contribution in [2.75, 3.05) is 0 Å². The summed E-state index contributed by atoms with van der Waals surface area (Å²) in [6.45, 7) is 4.72. The Kier molecular flexibility index (Phi) is 3.26. The van der Waals surface area contributed by atoms with Gasteiger partial charge in [-0.3, -0.25) is 4.84 Å². The fraction of sp³-hybridized carbons (Fsp3) is 0.400. The fourth-order valence-electron chi connectivity index (χ4n) is 1.33. The van der Waals surface area contributed by atoms with Crippen LogP contribution in [-0.4, -0.2) is 0 Å². The summed E-state index contributed by atoms with van der Waals surface area (Å²) in [7, 11) is 0. The first-order chi connectivity index (χ1) is 5.76. The van der Waals surface area contributed by atoms with Crippen molar-refractivity contribution < 1.29 is 4.84 Å². The summed E-state index contributed by atoms with van der Waals surface area (Å²) in [6.07, 6.45) is 1.05. The van der Waals surface area contributed by atoms with Gasteiger partial charge < -0.3 is 0 Å². The lowest BCUT2D eigenvalue weighted by Crippen LogP contribution is -1.99. The van der Waals surface area contributed by atoms with Gasteiger partial charge in [0.15, 0.2) is 0 Å². The second-order valence-electron chi connectivity index (χ2n) is 2.99. The third kappa shape index (κ3) is 2.32. The van der Waals surface area contributed by atoms with Gasteiger partial charge in [-0.05, 0) is 24.5 Å². The highest BCUT2D eigenvalue weighted by atomic mass is 16.6. The van der Waals surface area contributed by atoms with Gasteiger partial charge in [0.25, 0.3) is 0 Å². The van der Waals surface area contributed by atoms with E-state index < -0.39 is 0 Å². The molecule has 0 unspecified atom stereocenters. The largest absolute Gasteiger partial charge is 0.300 e. The SMILES string of the molecule is CCc1cc(C)cc(CON)c1. The zero-order chi connectivity index (χ0) is 8.97. The number of aryl methyl sites for hydroxylation is 2. The molecule has 0 radical (unpaired) electrons. The van der Waals surface area contributed by atoms with Crippen molar-refractivity contribution in [1.82, 2.24) is 0 Å². The second-order valence-corrected chi connectivity index (χ2v) is 2.99. The Bertz CT molecular complexity index is 258. The number of benzene rings is 1. The van der Waals surface area contributed by atoms with Gasteiger partial charge in [-0.15, -0.1) is 0 Å². The smallest absolute Gasteiger partial charge is 0.0930 e. The summed E-state index contributed by atoms with van der Waals surface area (Å²) >= 11 is 0. The minimum Gasteiger partial charge on any atom is -0.300 e. The summed E-state index contributed by atoms with van der Waals surface area (Å²) in [4.78, 5) is 4.58. The predicted molar refractivity (Wildman–Crippen MR) is 49.5 cm³/mol. The zero-order valence-electron chi connectivity index (χ0n) is 7.63. The molecule has 0 aliphatic heterocycles. The van der Waals surface area contributed by atoms with Gasteiger partial charge in [0.1, 0.15) is 0 Å². The lowest BCUT2D eigenvalue weighted by Gasteiger charge is -2.04. The summed E-state index contributed by atoms with van der Waals surface area (Å²) in [6, 6.07) is 6.39. The Balaban J connectivity index is 2.90. The van der Waals surface area contributed by atoms with Crippen molar-refractivity contribution in [1.29, 1.82) is 0 Å². The van der Waals surface area contributed by atoms with E-state index in [-0.39, 0.29) is 0 Å². The molecular weight excluding hydrogens is 150 g/mol. The minimum absolute atomic E-state index is 0.495. The third-order valence-corrected chi connectivity index (χ3v) is 1.86. The van der Waals surface area contributed by atoms with E-state index in [1.54, 1.807) is 0 Å². The molecule has 0 aliphatic rings. The van der Waals surface area contributed by atoms with Gasteiger partial charge >= 0.3 is 0 Å². The number of rotatable bonds is 3. The fourth-order valence-corrected chi connectivity index (χ4v) is 1.33. The Hall–Kier alpha value is -0.860. The molecule has 0 atom stereocenters. The van der Waals surface area contributed by atoms with Crippen LogP contribution >= 0.6 is 0 Å². The molecule has 2 nitrogen and oxygen atoms in total. The third-order valence-electron chi connectivity index (χ3n) is 1.86. The van der Waals surface area contributed by atoms with Crippen LogP contribution in [0.5, 0.6) is 0 Å². The lowest BCUT2D eigenvalue weighted by atomic mass is 10.1. The molecule has 0 aliphatic carbocycles. The van der Waals surface area contributed by atoms with Crippen LogP contribution in [0.4, 0.5) is 0 Å². The van der Waals surface area contributed by atoms with E-state index in [1.165, 1.54) is 11.1 Å². The average molecular weight is 165 g/mol. The highest BCUT2D eigenvalue weighted by molar-refractivity contribution is 5.28. The average Bonchev–Trinajstić information content (AvgIpc) is 2.04. The molecular formula is C10H15NO. The van der Waals surface area contributed by atoms with Crippen LogP contribution < -0.4 is 5.90 Å². The molecule has 1 aromatic rings. The first kappa shape index (κ1) is 9.23. The van der Waals surface area contributed by atoms with Crippen LogP contribution in [0.25, 0.3) is 0 Å². The molecule has 2 heteroatoms. The van der Waals surface area contributed by atoms with E-state index in [4.69, 9.17) is 5.90 Å². The van der Waals surface area contributed by atoms with Crippen molar-refractivity contribution >= 4 is 0 Å². The maximum Gasteiger partial charge on any atom is 0.0930 e. The summed E-state index contributed by atoms with van der Waals surface area (Å²) < 4.78 is 0. The molecule has 12 heavy (non-hydrogen) atoms. The molecule has 0 saturated carbocycles. The van der Waals surface area contributed by atoms with Crippen LogP contribution in [0.1, 0.15) is 23.6 Å². The quantitative estimate of drug-likeness (QED) is 0.695. The van der Waals surface area contributed by atoms with Crippen LogP contribution in [0, 0.1) is 6.92 Å². The minimum atomic E-state index is 0.495. The topological polar surface area (TPSA) is 35.2 Å². The van der Waals surface area contributed by atoms with Crippen molar-refractivity contribution in [3.05, 3.63) is 34.9 Å².